The van der Waals surface area contributed by atoms with E-state index in [9.17, 15) is 0 Å². The van der Waals surface area contributed by atoms with E-state index in [0.29, 0.717) is 0 Å². The van der Waals surface area contributed by atoms with Crippen LogP contribution in [-0.4, -0.2) is 0 Å². The highest BCUT2D eigenvalue weighted by atomic mass is 14.6. The van der Waals surface area contributed by atoms with Crippen molar-refractivity contribution < 1.29 is 0 Å². The standard InChI is InChI=1S/2C27H20.C26H18.9C2H6/c1-17-15-22-21-11-5-8-14-25(21)27(26(22)16-18(17)2)23-12-6-3-9-19(23)20-10-4-7-13-24(20)27;1-17-15-16-25-26(18(17)2)21-11-5-8-14-24(21)27(25)22-12-6-3-9-19(22)20-10-4-7-13-23(20)27;1-17-14-15-25-21(16-17)20-10-4-7-13-24(20)26(25)22-11-5-2-8-18(22)19-9-3-6-12-23(19)26;9*1-2/h2*3-16H,1-2H3;2-16H,1H3;9*1-2H3. The Kier molecular flexibility index (Phi) is 26.5. The van der Waals surface area contributed by atoms with Crippen LogP contribution in [0.15, 0.2) is 261 Å². The minimum atomic E-state index is -0.197. The van der Waals surface area contributed by atoms with Crippen LogP contribution in [0, 0.1) is 34.6 Å². The van der Waals surface area contributed by atoms with E-state index in [-0.39, 0.29) is 16.2 Å². The highest BCUT2D eigenvalue weighted by Crippen LogP contribution is 2.66. The maximum atomic E-state index is 2.43. The molecule has 0 amide bonds. The molecule has 0 fully saturated rings. The molecule has 0 saturated heterocycles. The predicted octanol–water partition coefficient (Wildman–Crippen LogP) is 28.9. The van der Waals surface area contributed by atoms with E-state index in [2.05, 4.69) is 295 Å². The summed E-state index contributed by atoms with van der Waals surface area (Å²) in [4.78, 5) is 0. The molecule has 6 aliphatic carbocycles. The summed E-state index contributed by atoms with van der Waals surface area (Å²) in [6.07, 6.45) is 0. The normalized spacial score (nSPS) is 12.5. The SMILES string of the molecule is CC.CC.CC.CC.CC.CC.CC.CC.CC.Cc1cc2c(cc1C)C1(c3ccccc3-c3ccccc31)c1ccccc1-2.Cc1ccc2c(c1)-c1ccccc1C21c2ccccc2-c2ccccc21.Cc1ccc2c(c1C)-c1ccccc1C21c2ccccc2-c2ccccc21. The molecule has 0 saturated carbocycles. The first-order valence-electron chi connectivity index (χ1n) is 37.5. The first-order valence-corrected chi connectivity index (χ1v) is 37.5. The zero-order valence-corrected chi connectivity index (χ0v) is 63.8. The first-order chi connectivity index (χ1) is 48.3. The summed E-state index contributed by atoms with van der Waals surface area (Å²) in [5.41, 5.74) is 39.8. The monoisotopic (exact) mass is 1290 g/mol. The van der Waals surface area contributed by atoms with Crippen LogP contribution in [0.2, 0.25) is 0 Å². The molecule has 18 rings (SSSR count). The Morgan fingerprint density at radius 2 is 0.378 bits per heavy atom. The van der Waals surface area contributed by atoms with Crippen molar-refractivity contribution >= 4 is 0 Å². The Hall–Kier alpha value is -9.36. The molecule has 0 unspecified atom stereocenters. The molecule has 0 heterocycles. The Labute approximate surface area is 594 Å². The zero-order valence-electron chi connectivity index (χ0n) is 63.8. The molecule has 0 radical (unpaired) electrons. The van der Waals surface area contributed by atoms with Crippen molar-refractivity contribution in [1.29, 1.82) is 0 Å². The maximum Gasteiger partial charge on any atom is 0.0725 e. The lowest BCUT2D eigenvalue weighted by Gasteiger charge is -2.30. The predicted molar refractivity (Wildman–Crippen MR) is 434 cm³/mol. The largest absolute Gasteiger partial charge is 0.0725 e. The number of hydrogen-bond donors (Lipinski definition) is 0. The lowest BCUT2D eigenvalue weighted by atomic mass is 9.70. The van der Waals surface area contributed by atoms with Crippen molar-refractivity contribution in [2.45, 2.75) is 175 Å². The van der Waals surface area contributed by atoms with Crippen molar-refractivity contribution in [3.8, 4) is 66.8 Å². The summed E-state index contributed by atoms with van der Waals surface area (Å²) in [7, 11) is 0. The number of benzene rings is 12. The van der Waals surface area contributed by atoms with Gasteiger partial charge in [-0.1, -0.05) is 391 Å². The van der Waals surface area contributed by atoms with Crippen LogP contribution in [0.1, 0.15) is 219 Å². The Morgan fingerprint density at radius 3 is 0.694 bits per heavy atom. The average Bonchev–Trinajstić information content (AvgIpc) is 1.53. The van der Waals surface area contributed by atoms with Crippen LogP contribution < -0.4 is 0 Å². The van der Waals surface area contributed by atoms with Gasteiger partial charge in [0.15, 0.2) is 0 Å². The average molecular weight is 1290 g/mol. The fourth-order valence-electron chi connectivity index (χ4n) is 16.0. The Bertz CT molecular complexity index is 4380. The molecule has 0 N–H and O–H groups in total. The summed E-state index contributed by atoms with van der Waals surface area (Å²) < 4.78 is 0. The topological polar surface area (TPSA) is 0 Å². The third-order valence-corrected chi connectivity index (χ3v) is 19.5. The quantitative estimate of drug-likeness (QED) is 0.142. The van der Waals surface area contributed by atoms with E-state index in [4.69, 9.17) is 0 Å². The van der Waals surface area contributed by atoms with Crippen molar-refractivity contribution in [3.05, 3.63) is 355 Å². The summed E-state index contributed by atoms with van der Waals surface area (Å²) in [5, 5.41) is 0. The molecule has 0 aromatic heterocycles. The van der Waals surface area contributed by atoms with Gasteiger partial charge in [-0.05, 0) is 190 Å². The van der Waals surface area contributed by atoms with Gasteiger partial charge >= 0.3 is 0 Å². The summed E-state index contributed by atoms with van der Waals surface area (Å²) in [6, 6.07) is 97.1. The highest BCUT2D eigenvalue weighted by Gasteiger charge is 2.54. The molecular formula is C98H112. The lowest BCUT2D eigenvalue weighted by Crippen LogP contribution is -2.25. The molecule has 504 valence electrons. The second kappa shape index (κ2) is 34.2. The van der Waals surface area contributed by atoms with E-state index in [1.807, 2.05) is 125 Å². The molecule has 0 bridgehead atoms. The van der Waals surface area contributed by atoms with E-state index in [0.717, 1.165) is 0 Å². The number of aryl methyl sites for hydroxylation is 4. The number of fused-ring (bicyclic) bond motifs is 30. The summed E-state index contributed by atoms with van der Waals surface area (Å²) >= 11 is 0. The van der Waals surface area contributed by atoms with Gasteiger partial charge < -0.3 is 0 Å². The molecule has 98 heavy (non-hydrogen) atoms. The fraction of sp³-hybridized carbons (Fsp3) is 0.265. The minimum absolute atomic E-state index is 0.188. The van der Waals surface area contributed by atoms with E-state index < -0.39 is 0 Å². The van der Waals surface area contributed by atoms with Gasteiger partial charge in [0.25, 0.3) is 0 Å². The van der Waals surface area contributed by atoms with E-state index in [1.54, 1.807) is 0 Å². The van der Waals surface area contributed by atoms with Gasteiger partial charge in [0.2, 0.25) is 0 Å². The van der Waals surface area contributed by atoms with Crippen molar-refractivity contribution in [3.63, 3.8) is 0 Å². The van der Waals surface area contributed by atoms with E-state index >= 15 is 0 Å². The highest BCUT2D eigenvalue weighted by molar-refractivity contribution is 5.99. The summed E-state index contributed by atoms with van der Waals surface area (Å²) in [5.74, 6) is 0. The Balaban J connectivity index is 0.000000185. The third-order valence-electron chi connectivity index (χ3n) is 19.5. The van der Waals surface area contributed by atoms with E-state index in [1.165, 1.54) is 161 Å². The zero-order chi connectivity index (χ0) is 71.6. The molecule has 6 aliphatic rings. The van der Waals surface area contributed by atoms with Crippen molar-refractivity contribution in [2.75, 3.05) is 0 Å². The van der Waals surface area contributed by atoms with Gasteiger partial charge in [0.05, 0.1) is 16.2 Å². The number of rotatable bonds is 0. The molecule has 3 spiro atoms. The van der Waals surface area contributed by atoms with Crippen molar-refractivity contribution in [1.82, 2.24) is 0 Å². The van der Waals surface area contributed by atoms with Gasteiger partial charge in [0.1, 0.15) is 0 Å². The van der Waals surface area contributed by atoms with Crippen LogP contribution >= 0.6 is 0 Å². The maximum absolute atomic E-state index is 2.43. The van der Waals surface area contributed by atoms with Gasteiger partial charge in [0, 0.05) is 0 Å². The van der Waals surface area contributed by atoms with Crippen LogP contribution in [0.5, 0.6) is 0 Å². The van der Waals surface area contributed by atoms with Crippen LogP contribution in [0.3, 0.4) is 0 Å². The fourth-order valence-corrected chi connectivity index (χ4v) is 16.0. The van der Waals surface area contributed by atoms with Crippen LogP contribution in [0.25, 0.3) is 66.8 Å². The van der Waals surface area contributed by atoms with Crippen LogP contribution in [0.4, 0.5) is 0 Å². The second-order valence-electron chi connectivity index (χ2n) is 23.1. The number of hydrogen-bond acceptors (Lipinski definition) is 0. The molecule has 12 aromatic carbocycles. The third kappa shape index (κ3) is 11.8. The van der Waals surface area contributed by atoms with Gasteiger partial charge in [-0.3, -0.25) is 0 Å². The minimum Gasteiger partial charge on any atom is -0.0683 e. The molecule has 12 aromatic rings. The van der Waals surface area contributed by atoms with Gasteiger partial charge in [-0.25, -0.2) is 0 Å². The smallest absolute Gasteiger partial charge is 0.0683 e. The summed E-state index contributed by atoms with van der Waals surface area (Å²) in [6.45, 7) is 47.1. The van der Waals surface area contributed by atoms with Gasteiger partial charge in [-0.2, -0.15) is 0 Å². The van der Waals surface area contributed by atoms with Crippen LogP contribution in [-0.2, 0) is 16.2 Å². The molecule has 0 atom stereocenters. The molecular weight excluding hydrogens is 1180 g/mol. The van der Waals surface area contributed by atoms with Crippen molar-refractivity contribution in [2.24, 2.45) is 0 Å². The molecule has 0 nitrogen and oxygen atoms in total. The van der Waals surface area contributed by atoms with Gasteiger partial charge in [-0.15, -0.1) is 0 Å². The molecule has 0 heteroatoms. The Morgan fingerprint density at radius 1 is 0.163 bits per heavy atom. The first kappa shape index (κ1) is 76.0. The lowest BCUT2D eigenvalue weighted by molar-refractivity contribution is 0.792. The second-order valence-corrected chi connectivity index (χ2v) is 23.1. The molecule has 0 aliphatic heterocycles.